The molecule has 0 spiro atoms. The summed E-state index contributed by atoms with van der Waals surface area (Å²) in [6.45, 7) is 2.14. The molecule has 1 atom stereocenters. The molecule has 1 aliphatic rings. The van der Waals surface area contributed by atoms with Gasteiger partial charge in [-0.1, -0.05) is 6.92 Å². The Morgan fingerprint density at radius 2 is 2.04 bits per heavy atom. The van der Waals surface area contributed by atoms with E-state index in [0.717, 1.165) is 35.8 Å². The third-order valence-corrected chi connectivity index (χ3v) is 6.53. The second-order valence-corrected chi connectivity index (χ2v) is 8.83. The number of benzene rings is 1. The largest absolute Gasteiger partial charge is 0.276 e. The summed E-state index contributed by atoms with van der Waals surface area (Å²) in [5, 5.41) is 0. The molecule has 1 aliphatic carbocycles. The second kappa shape index (κ2) is 6.81. The van der Waals surface area contributed by atoms with E-state index in [1.54, 1.807) is 10.9 Å². The predicted octanol–water partition coefficient (Wildman–Crippen LogP) is 2.77. The second-order valence-electron chi connectivity index (χ2n) is 6.04. The van der Waals surface area contributed by atoms with Crippen molar-refractivity contribution in [2.24, 2.45) is 5.92 Å². The van der Waals surface area contributed by atoms with Crippen molar-refractivity contribution in [3.63, 3.8) is 0 Å². The number of hydrogen-bond donors (Lipinski definition) is 2. The van der Waals surface area contributed by atoms with E-state index < -0.39 is 32.5 Å². The van der Waals surface area contributed by atoms with Crippen molar-refractivity contribution < 1.29 is 22.0 Å². The Bertz CT molecular complexity index is 925. The Labute approximate surface area is 148 Å². The Kier molecular flexibility index (Phi) is 4.90. The fourth-order valence-electron chi connectivity index (χ4n) is 2.73. The van der Waals surface area contributed by atoms with Gasteiger partial charge in [-0.05, 0) is 55.0 Å². The molecule has 0 fully saturated rings. The van der Waals surface area contributed by atoms with Gasteiger partial charge in [0, 0.05) is 4.88 Å². The molecule has 0 radical (unpaired) electrons. The van der Waals surface area contributed by atoms with Crippen LogP contribution in [0.4, 0.5) is 8.78 Å². The van der Waals surface area contributed by atoms with Crippen LogP contribution in [0.5, 0.6) is 0 Å². The lowest BCUT2D eigenvalue weighted by Crippen LogP contribution is -2.41. The number of halogens is 2. The SMILES string of the molecule is C[C@H]1CCc2sc(C(=O)NNS(=O)(=O)c3cc(F)ccc3F)cc2C1. The van der Waals surface area contributed by atoms with Crippen LogP contribution in [0.3, 0.4) is 0 Å². The van der Waals surface area contributed by atoms with Gasteiger partial charge in [0.2, 0.25) is 0 Å². The molecule has 0 saturated heterocycles. The first-order valence-corrected chi connectivity index (χ1v) is 9.95. The van der Waals surface area contributed by atoms with Crippen LogP contribution in [-0.4, -0.2) is 14.3 Å². The lowest BCUT2D eigenvalue weighted by Gasteiger charge is -2.16. The van der Waals surface area contributed by atoms with Gasteiger partial charge in [0.15, 0.2) is 0 Å². The average Bonchev–Trinajstić information content (AvgIpc) is 2.98. The van der Waals surface area contributed by atoms with Gasteiger partial charge in [0.25, 0.3) is 15.9 Å². The summed E-state index contributed by atoms with van der Waals surface area (Å²) < 4.78 is 50.9. The van der Waals surface area contributed by atoms with Crippen molar-refractivity contribution >= 4 is 27.3 Å². The molecule has 5 nitrogen and oxygen atoms in total. The van der Waals surface area contributed by atoms with Crippen molar-refractivity contribution in [2.45, 2.75) is 31.1 Å². The fourth-order valence-corrected chi connectivity index (χ4v) is 4.76. The van der Waals surface area contributed by atoms with Crippen LogP contribution < -0.4 is 10.3 Å². The number of rotatable bonds is 4. The highest BCUT2D eigenvalue weighted by atomic mass is 32.2. The van der Waals surface area contributed by atoms with E-state index in [-0.39, 0.29) is 0 Å². The molecule has 0 bridgehead atoms. The number of amides is 1. The molecule has 0 aliphatic heterocycles. The van der Waals surface area contributed by atoms with Crippen LogP contribution >= 0.6 is 11.3 Å². The first kappa shape index (κ1) is 18.0. The summed E-state index contributed by atoms with van der Waals surface area (Å²) in [6, 6.07) is 3.82. The third kappa shape index (κ3) is 3.88. The van der Waals surface area contributed by atoms with Crippen molar-refractivity contribution in [3.8, 4) is 0 Å². The molecule has 0 unspecified atom stereocenters. The molecule has 1 amide bonds. The minimum absolute atomic E-state index is 0.376. The predicted molar refractivity (Wildman–Crippen MR) is 89.7 cm³/mol. The van der Waals surface area contributed by atoms with E-state index in [2.05, 4.69) is 6.92 Å². The Balaban J connectivity index is 1.73. The van der Waals surface area contributed by atoms with E-state index in [1.807, 2.05) is 5.43 Å². The molecular formula is C16H16F2N2O3S2. The number of hydrazine groups is 1. The summed E-state index contributed by atoms with van der Waals surface area (Å²) in [5.41, 5.74) is 3.15. The van der Waals surface area contributed by atoms with Crippen LogP contribution in [0.15, 0.2) is 29.2 Å². The first-order valence-electron chi connectivity index (χ1n) is 7.65. The zero-order valence-electron chi connectivity index (χ0n) is 13.3. The number of hydrogen-bond acceptors (Lipinski definition) is 4. The fraction of sp³-hybridized carbons (Fsp3) is 0.312. The topological polar surface area (TPSA) is 75.3 Å². The molecule has 1 heterocycles. The zero-order chi connectivity index (χ0) is 18.2. The van der Waals surface area contributed by atoms with Crippen molar-refractivity contribution in [3.05, 3.63) is 51.2 Å². The minimum Gasteiger partial charge on any atom is -0.273 e. The average molecular weight is 386 g/mol. The molecular weight excluding hydrogens is 370 g/mol. The normalized spacial score (nSPS) is 17.2. The monoisotopic (exact) mass is 386 g/mol. The van der Waals surface area contributed by atoms with Crippen molar-refractivity contribution in [2.75, 3.05) is 0 Å². The number of nitrogens with one attached hydrogen (secondary N) is 2. The smallest absolute Gasteiger partial charge is 0.273 e. The summed E-state index contributed by atoms with van der Waals surface area (Å²) in [6.07, 6.45) is 2.84. The third-order valence-electron chi connectivity index (χ3n) is 4.03. The zero-order valence-corrected chi connectivity index (χ0v) is 14.9. The highest BCUT2D eigenvalue weighted by Crippen LogP contribution is 2.32. The summed E-state index contributed by atoms with van der Waals surface area (Å²) in [5.74, 6) is -2.09. The standard InChI is InChI=1S/C16H16F2N2O3S2/c1-9-2-5-13-10(6-9)7-14(24-13)16(21)19-20-25(22,23)15-8-11(17)3-4-12(15)18/h3-4,7-9,20H,2,5-6H2,1H3,(H,19,21)/t9-/m0/s1. The number of aryl methyl sites for hydroxylation is 1. The molecule has 134 valence electrons. The molecule has 1 aromatic heterocycles. The lowest BCUT2D eigenvalue weighted by molar-refractivity contribution is 0.0949. The summed E-state index contributed by atoms with van der Waals surface area (Å²) in [7, 11) is -4.42. The maximum absolute atomic E-state index is 13.6. The first-order chi connectivity index (χ1) is 11.8. The Hall–Kier alpha value is -1.84. The number of fused-ring (bicyclic) bond motifs is 1. The van der Waals surface area contributed by atoms with Crippen LogP contribution in [0.25, 0.3) is 0 Å². The van der Waals surface area contributed by atoms with Crippen LogP contribution in [-0.2, 0) is 22.9 Å². The number of thiophene rings is 1. The molecule has 2 N–H and O–H groups in total. The lowest BCUT2D eigenvalue weighted by atomic mass is 9.90. The van der Waals surface area contributed by atoms with Gasteiger partial charge in [0.05, 0.1) is 4.88 Å². The van der Waals surface area contributed by atoms with Gasteiger partial charge in [-0.25, -0.2) is 17.2 Å². The van der Waals surface area contributed by atoms with Gasteiger partial charge < -0.3 is 0 Å². The Morgan fingerprint density at radius 1 is 1.28 bits per heavy atom. The molecule has 2 aromatic rings. The van der Waals surface area contributed by atoms with E-state index in [4.69, 9.17) is 0 Å². The number of carbonyl (C=O) groups excluding carboxylic acids is 1. The van der Waals surface area contributed by atoms with E-state index in [0.29, 0.717) is 22.9 Å². The van der Waals surface area contributed by atoms with Gasteiger partial charge in [-0.3, -0.25) is 10.2 Å². The summed E-state index contributed by atoms with van der Waals surface area (Å²) >= 11 is 1.32. The highest BCUT2D eigenvalue weighted by Gasteiger charge is 2.23. The number of sulfonamides is 1. The van der Waals surface area contributed by atoms with Crippen LogP contribution in [0.2, 0.25) is 0 Å². The summed E-state index contributed by atoms with van der Waals surface area (Å²) in [4.78, 5) is 14.6. The van der Waals surface area contributed by atoms with E-state index in [9.17, 15) is 22.0 Å². The van der Waals surface area contributed by atoms with Gasteiger partial charge in [-0.2, -0.15) is 0 Å². The van der Waals surface area contributed by atoms with Gasteiger partial charge in [-0.15, -0.1) is 16.2 Å². The van der Waals surface area contributed by atoms with Gasteiger partial charge in [0.1, 0.15) is 16.5 Å². The molecule has 9 heteroatoms. The minimum atomic E-state index is -4.42. The maximum atomic E-state index is 13.6. The quantitative estimate of drug-likeness (QED) is 0.794. The molecule has 25 heavy (non-hydrogen) atoms. The maximum Gasteiger partial charge on any atom is 0.276 e. The molecule has 0 saturated carbocycles. The molecule has 3 rings (SSSR count). The number of carbonyl (C=O) groups is 1. The van der Waals surface area contributed by atoms with E-state index >= 15 is 0 Å². The van der Waals surface area contributed by atoms with Crippen molar-refractivity contribution in [1.29, 1.82) is 0 Å². The van der Waals surface area contributed by atoms with Gasteiger partial charge >= 0.3 is 0 Å². The molecule has 1 aromatic carbocycles. The van der Waals surface area contributed by atoms with E-state index in [1.165, 1.54) is 11.3 Å². The van der Waals surface area contributed by atoms with Crippen LogP contribution in [0.1, 0.15) is 33.5 Å². The highest BCUT2D eigenvalue weighted by molar-refractivity contribution is 7.89. The van der Waals surface area contributed by atoms with Crippen molar-refractivity contribution in [1.82, 2.24) is 10.3 Å². The van der Waals surface area contributed by atoms with Crippen LogP contribution in [0, 0.1) is 17.6 Å². The Morgan fingerprint density at radius 3 is 2.80 bits per heavy atom.